The Labute approximate surface area is 109 Å². The first-order valence-electron chi connectivity index (χ1n) is 5.43. The Morgan fingerprint density at radius 2 is 2.18 bits per heavy atom. The third-order valence-corrected chi connectivity index (χ3v) is 4.74. The Hall–Kier alpha value is -0.710. The van der Waals surface area contributed by atoms with E-state index < -0.39 is 11.5 Å². The molecule has 3 nitrogen and oxygen atoms in total. The number of carboxylic acid groups (broad SMARTS) is 1. The Morgan fingerprint density at radius 1 is 1.53 bits per heavy atom. The van der Waals surface area contributed by atoms with Crippen molar-refractivity contribution in [3.8, 4) is 0 Å². The van der Waals surface area contributed by atoms with Crippen LogP contribution in [0.1, 0.15) is 12.8 Å². The zero-order chi connectivity index (χ0) is 12.5. The van der Waals surface area contributed by atoms with Crippen molar-refractivity contribution in [1.29, 1.82) is 0 Å². The fourth-order valence-electron chi connectivity index (χ4n) is 1.71. The molecular weight excluding hydrogens is 258 g/mol. The van der Waals surface area contributed by atoms with Crippen molar-refractivity contribution in [3.05, 3.63) is 29.3 Å². The van der Waals surface area contributed by atoms with Crippen LogP contribution >= 0.6 is 23.4 Å². The summed E-state index contributed by atoms with van der Waals surface area (Å²) in [5.41, 5.74) is 4.86. The molecule has 0 saturated heterocycles. The number of carbonyl (C=O) groups is 1. The first-order chi connectivity index (χ1) is 8.04. The first kappa shape index (κ1) is 12.7. The molecule has 0 amide bonds. The van der Waals surface area contributed by atoms with E-state index in [0.29, 0.717) is 10.8 Å². The third-order valence-electron chi connectivity index (χ3n) is 3.01. The average Bonchev–Trinajstić information content (AvgIpc) is 3.11. The fourth-order valence-corrected chi connectivity index (χ4v) is 3.15. The van der Waals surface area contributed by atoms with Crippen LogP contribution in [-0.4, -0.2) is 22.4 Å². The molecule has 17 heavy (non-hydrogen) atoms. The number of benzene rings is 1. The number of aliphatic carboxylic acids is 1. The highest BCUT2D eigenvalue weighted by Crippen LogP contribution is 2.41. The number of halogens is 1. The zero-order valence-electron chi connectivity index (χ0n) is 9.23. The van der Waals surface area contributed by atoms with E-state index in [2.05, 4.69) is 0 Å². The van der Waals surface area contributed by atoms with Gasteiger partial charge in [-0.15, -0.1) is 11.8 Å². The van der Waals surface area contributed by atoms with Crippen molar-refractivity contribution in [3.63, 3.8) is 0 Å². The molecule has 0 aromatic heterocycles. The lowest BCUT2D eigenvalue weighted by Gasteiger charge is -2.24. The summed E-state index contributed by atoms with van der Waals surface area (Å²) in [6.07, 6.45) is 1.82. The van der Waals surface area contributed by atoms with Gasteiger partial charge in [0.25, 0.3) is 0 Å². The van der Waals surface area contributed by atoms with Crippen LogP contribution in [0.5, 0.6) is 0 Å². The van der Waals surface area contributed by atoms with Gasteiger partial charge in [-0.25, -0.2) is 0 Å². The SMILES string of the molecule is NC(CSc1ccccc1Cl)(C(=O)O)C1CC1. The Balaban J connectivity index is 2.06. The molecule has 1 atom stereocenters. The normalized spacial score (nSPS) is 18.7. The van der Waals surface area contributed by atoms with E-state index in [-0.39, 0.29) is 5.92 Å². The molecule has 0 bridgehead atoms. The van der Waals surface area contributed by atoms with Gasteiger partial charge in [-0.1, -0.05) is 23.7 Å². The van der Waals surface area contributed by atoms with Gasteiger partial charge in [0.2, 0.25) is 0 Å². The highest BCUT2D eigenvalue weighted by atomic mass is 35.5. The third kappa shape index (κ3) is 2.76. The molecule has 1 aromatic carbocycles. The molecule has 2 rings (SSSR count). The van der Waals surface area contributed by atoms with Gasteiger partial charge < -0.3 is 10.8 Å². The highest BCUT2D eigenvalue weighted by Gasteiger charge is 2.48. The molecule has 92 valence electrons. The lowest BCUT2D eigenvalue weighted by atomic mass is 9.98. The van der Waals surface area contributed by atoms with Crippen LogP contribution in [-0.2, 0) is 4.79 Å². The summed E-state index contributed by atoms with van der Waals surface area (Å²) in [6, 6.07) is 7.40. The average molecular weight is 272 g/mol. The van der Waals surface area contributed by atoms with Crippen molar-refractivity contribution in [1.82, 2.24) is 0 Å². The molecule has 1 unspecified atom stereocenters. The van der Waals surface area contributed by atoms with Crippen molar-refractivity contribution >= 4 is 29.3 Å². The minimum Gasteiger partial charge on any atom is -0.480 e. The van der Waals surface area contributed by atoms with Crippen LogP contribution in [0, 0.1) is 5.92 Å². The van der Waals surface area contributed by atoms with Crippen LogP contribution in [0.15, 0.2) is 29.2 Å². The number of hydrogen-bond donors (Lipinski definition) is 2. The number of rotatable bonds is 5. The van der Waals surface area contributed by atoms with Crippen molar-refractivity contribution in [2.75, 3.05) is 5.75 Å². The van der Waals surface area contributed by atoms with Crippen molar-refractivity contribution in [2.24, 2.45) is 11.7 Å². The van der Waals surface area contributed by atoms with E-state index in [0.717, 1.165) is 17.7 Å². The smallest absolute Gasteiger partial charge is 0.324 e. The maximum absolute atomic E-state index is 11.2. The predicted octanol–water partition coefficient (Wildman–Crippen LogP) is 2.62. The second-order valence-electron chi connectivity index (χ2n) is 4.34. The largest absolute Gasteiger partial charge is 0.480 e. The van der Waals surface area contributed by atoms with Gasteiger partial charge in [0.15, 0.2) is 0 Å². The second kappa shape index (κ2) is 4.88. The summed E-state index contributed by atoms with van der Waals surface area (Å²) >= 11 is 7.43. The molecule has 1 fully saturated rings. The zero-order valence-corrected chi connectivity index (χ0v) is 10.8. The molecule has 5 heteroatoms. The number of thioether (sulfide) groups is 1. The molecule has 0 heterocycles. The van der Waals surface area contributed by atoms with E-state index in [1.807, 2.05) is 18.2 Å². The molecule has 1 aliphatic rings. The standard InChI is InChI=1S/C12H14ClNO2S/c13-9-3-1-2-4-10(9)17-7-12(14,11(15)16)8-5-6-8/h1-4,8H,5-7,14H2,(H,15,16). The fraction of sp³-hybridized carbons (Fsp3) is 0.417. The molecular formula is C12H14ClNO2S. The van der Waals surface area contributed by atoms with Gasteiger partial charge in [0.05, 0.1) is 5.02 Å². The lowest BCUT2D eigenvalue weighted by molar-refractivity contribution is -0.143. The van der Waals surface area contributed by atoms with Gasteiger partial charge in [-0.2, -0.15) is 0 Å². The van der Waals surface area contributed by atoms with Crippen molar-refractivity contribution in [2.45, 2.75) is 23.3 Å². The minimum atomic E-state index is -1.12. The summed E-state index contributed by atoms with van der Waals surface area (Å²) in [5.74, 6) is -0.453. The molecule has 1 aromatic rings. The molecule has 0 spiro atoms. The van der Waals surface area contributed by atoms with Crippen LogP contribution in [0.3, 0.4) is 0 Å². The van der Waals surface area contributed by atoms with Gasteiger partial charge >= 0.3 is 5.97 Å². The van der Waals surface area contributed by atoms with Crippen LogP contribution in [0.25, 0.3) is 0 Å². The molecule has 3 N–H and O–H groups in total. The van der Waals surface area contributed by atoms with E-state index in [1.165, 1.54) is 11.8 Å². The van der Waals surface area contributed by atoms with E-state index in [9.17, 15) is 9.90 Å². The number of nitrogens with two attached hydrogens (primary N) is 1. The Bertz CT molecular complexity index is 436. The quantitative estimate of drug-likeness (QED) is 0.808. The van der Waals surface area contributed by atoms with E-state index in [4.69, 9.17) is 17.3 Å². The summed E-state index contributed by atoms with van der Waals surface area (Å²) in [6.45, 7) is 0. The van der Waals surface area contributed by atoms with Gasteiger partial charge in [0.1, 0.15) is 5.54 Å². The van der Waals surface area contributed by atoms with E-state index in [1.54, 1.807) is 6.07 Å². The summed E-state index contributed by atoms with van der Waals surface area (Å²) in [7, 11) is 0. The number of hydrogen-bond acceptors (Lipinski definition) is 3. The molecule has 0 radical (unpaired) electrons. The first-order valence-corrected chi connectivity index (χ1v) is 6.80. The van der Waals surface area contributed by atoms with Crippen LogP contribution in [0.2, 0.25) is 5.02 Å². The minimum absolute atomic E-state index is 0.106. The summed E-state index contributed by atoms with van der Waals surface area (Å²) in [5, 5.41) is 9.86. The van der Waals surface area contributed by atoms with Gasteiger partial charge in [-0.3, -0.25) is 4.79 Å². The highest BCUT2D eigenvalue weighted by molar-refractivity contribution is 7.99. The van der Waals surface area contributed by atoms with Gasteiger partial charge in [-0.05, 0) is 30.9 Å². The number of carboxylic acids is 1. The maximum Gasteiger partial charge on any atom is 0.324 e. The second-order valence-corrected chi connectivity index (χ2v) is 5.76. The monoisotopic (exact) mass is 271 g/mol. The Morgan fingerprint density at radius 3 is 2.71 bits per heavy atom. The maximum atomic E-state index is 11.2. The topological polar surface area (TPSA) is 63.3 Å². The van der Waals surface area contributed by atoms with E-state index >= 15 is 0 Å². The van der Waals surface area contributed by atoms with Crippen molar-refractivity contribution < 1.29 is 9.90 Å². The van der Waals surface area contributed by atoms with Crippen LogP contribution in [0.4, 0.5) is 0 Å². The van der Waals surface area contributed by atoms with Crippen LogP contribution < -0.4 is 5.73 Å². The van der Waals surface area contributed by atoms with Gasteiger partial charge in [0, 0.05) is 10.6 Å². The molecule has 0 aliphatic heterocycles. The molecule has 1 aliphatic carbocycles. The Kier molecular flexibility index (Phi) is 3.66. The lowest BCUT2D eigenvalue weighted by Crippen LogP contribution is -2.52. The summed E-state index contributed by atoms with van der Waals surface area (Å²) < 4.78 is 0. The molecule has 1 saturated carbocycles. The predicted molar refractivity (Wildman–Crippen MR) is 69.5 cm³/mol. The summed E-state index contributed by atoms with van der Waals surface area (Å²) in [4.78, 5) is 12.1.